The van der Waals surface area contributed by atoms with Gasteiger partial charge in [-0.1, -0.05) is 23.2 Å². The predicted molar refractivity (Wildman–Crippen MR) is 100 cm³/mol. The summed E-state index contributed by atoms with van der Waals surface area (Å²) in [5.74, 6) is -3.37. The van der Waals surface area contributed by atoms with Crippen molar-refractivity contribution in [1.82, 2.24) is 5.32 Å². The van der Waals surface area contributed by atoms with Gasteiger partial charge in [-0.2, -0.15) is 24.9 Å². The minimum absolute atomic E-state index is 0.219. The number of benzene rings is 1. The Bertz CT molecular complexity index is 682. The van der Waals surface area contributed by atoms with Crippen molar-refractivity contribution in [2.24, 2.45) is 0 Å². The number of hydrogen-bond donors (Lipinski definition) is 2. The largest absolute Gasteiger partial charge is 0.450 e. The molecular formula is C16H17Cl2F3N2O3S. The fourth-order valence-electron chi connectivity index (χ4n) is 2.00. The number of nitrogens with one attached hydrogen (secondary N) is 2. The Hall–Kier alpha value is -1.45. The molecule has 0 aliphatic carbocycles. The molecule has 0 aliphatic heterocycles. The molecule has 1 atom stereocenters. The fourth-order valence-corrected chi connectivity index (χ4v) is 3.39. The Morgan fingerprint density at radius 1 is 1.15 bits per heavy atom. The smallest absolute Gasteiger partial charge is 0.374 e. The third-order valence-electron chi connectivity index (χ3n) is 3.15. The average Bonchev–Trinajstić information content (AvgIpc) is 2.50. The van der Waals surface area contributed by atoms with E-state index in [9.17, 15) is 27.6 Å². The van der Waals surface area contributed by atoms with Gasteiger partial charge in [0.15, 0.2) is 0 Å². The zero-order chi connectivity index (χ0) is 20.6. The third kappa shape index (κ3) is 9.34. The van der Waals surface area contributed by atoms with Crippen molar-refractivity contribution in [3.8, 4) is 0 Å². The maximum absolute atomic E-state index is 12.2. The normalized spacial score (nSPS) is 12.4. The van der Waals surface area contributed by atoms with Gasteiger partial charge in [0.25, 0.3) is 0 Å². The van der Waals surface area contributed by atoms with Crippen molar-refractivity contribution in [3.63, 3.8) is 0 Å². The van der Waals surface area contributed by atoms with Gasteiger partial charge in [-0.15, -0.1) is 0 Å². The molecule has 2 amide bonds. The number of Topliss-reactive ketones (excluding diaryl/α,β-unsaturated/α-hetero) is 1. The molecule has 0 heterocycles. The molecule has 0 unspecified atom stereocenters. The Morgan fingerprint density at radius 2 is 1.74 bits per heavy atom. The number of rotatable bonds is 9. The first-order valence-corrected chi connectivity index (χ1v) is 9.62. The molecule has 0 fully saturated rings. The monoisotopic (exact) mass is 444 g/mol. The van der Waals surface area contributed by atoms with Crippen molar-refractivity contribution >= 4 is 58.2 Å². The Kier molecular flexibility index (Phi) is 9.41. The lowest BCUT2D eigenvalue weighted by Gasteiger charge is -2.19. The van der Waals surface area contributed by atoms with Gasteiger partial charge in [0.2, 0.25) is 17.6 Å². The van der Waals surface area contributed by atoms with Crippen LogP contribution in [0.15, 0.2) is 18.2 Å². The van der Waals surface area contributed by atoms with E-state index in [0.717, 1.165) is 11.8 Å². The van der Waals surface area contributed by atoms with Crippen LogP contribution in [0, 0.1) is 0 Å². The highest BCUT2D eigenvalue weighted by Crippen LogP contribution is 2.24. The molecule has 1 aromatic carbocycles. The zero-order valence-corrected chi connectivity index (χ0v) is 16.5. The molecule has 11 heteroatoms. The van der Waals surface area contributed by atoms with Gasteiger partial charge >= 0.3 is 6.18 Å². The van der Waals surface area contributed by atoms with E-state index in [1.54, 1.807) is 0 Å². The van der Waals surface area contributed by atoms with Crippen LogP contribution in [0.3, 0.4) is 0 Å². The van der Waals surface area contributed by atoms with E-state index in [-0.39, 0.29) is 12.2 Å². The van der Waals surface area contributed by atoms with Crippen molar-refractivity contribution < 1.29 is 27.6 Å². The summed E-state index contributed by atoms with van der Waals surface area (Å²) in [6.07, 6.45) is -4.28. The summed E-state index contributed by atoms with van der Waals surface area (Å²) in [5.41, 5.74) is 0.455. The summed E-state index contributed by atoms with van der Waals surface area (Å²) in [7, 11) is 0. The number of halogens is 5. The summed E-state index contributed by atoms with van der Waals surface area (Å²) in [6.45, 7) is 1.18. The van der Waals surface area contributed by atoms with Crippen LogP contribution in [0.25, 0.3) is 0 Å². The van der Waals surface area contributed by atoms with Crippen molar-refractivity contribution in [1.29, 1.82) is 0 Å². The van der Waals surface area contributed by atoms with Gasteiger partial charge < -0.3 is 5.32 Å². The van der Waals surface area contributed by atoms with E-state index in [0.29, 0.717) is 22.2 Å². The van der Waals surface area contributed by atoms with Gasteiger partial charge in [0.1, 0.15) is 6.04 Å². The second-order valence-electron chi connectivity index (χ2n) is 5.52. The molecule has 1 rings (SSSR count). The molecule has 27 heavy (non-hydrogen) atoms. The quantitative estimate of drug-likeness (QED) is 0.561. The van der Waals surface area contributed by atoms with Crippen LogP contribution in [-0.4, -0.2) is 41.3 Å². The molecule has 0 spiro atoms. The number of alkyl halides is 3. The van der Waals surface area contributed by atoms with E-state index in [4.69, 9.17) is 23.2 Å². The predicted octanol–water partition coefficient (Wildman–Crippen LogP) is 4.08. The molecule has 0 saturated heterocycles. The second-order valence-corrected chi connectivity index (χ2v) is 7.49. The molecule has 2 N–H and O–H groups in total. The first kappa shape index (κ1) is 23.6. The minimum atomic E-state index is -4.84. The van der Waals surface area contributed by atoms with Crippen LogP contribution >= 0.6 is 35.0 Å². The molecule has 5 nitrogen and oxygen atoms in total. The van der Waals surface area contributed by atoms with E-state index < -0.39 is 35.6 Å². The Labute approximate surface area is 168 Å². The van der Waals surface area contributed by atoms with Crippen LogP contribution in [0.1, 0.15) is 19.8 Å². The number of carbonyl (C=O) groups is 3. The van der Waals surface area contributed by atoms with E-state index in [2.05, 4.69) is 10.6 Å². The third-order valence-corrected chi connectivity index (χ3v) is 4.63. The molecule has 150 valence electrons. The highest BCUT2D eigenvalue weighted by Gasteiger charge is 2.37. The van der Waals surface area contributed by atoms with Crippen molar-refractivity contribution in [3.05, 3.63) is 28.2 Å². The summed E-state index contributed by atoms with van der Waals surface area (Å²) in [5, 5.41) is 5.74. The van der Waals surface area contributed by atoms with Gasteiger partial charge in [0, 0.05) is 22.7 Å². The molecule has 1 aromatic rings. The van der Waals surface area contributed by atoms with Crippen LogP contribution in [0.4, 0.5) is 18.9 Å². The summed E-state index contributed by atoms with van der Waals surface area (Å²) in [4.78, 5) is 34.1. The maximum Gasteiger partial charge on any atom is 0.450 e. The number of thioether (sulfide) groups is 1. The topological polar surface area (TPSA) is 75.3 Å². The van der Waals surface area contributed by atoms with Crippen LogP contribution in [0.2, 0.25) is 10.0 Å². The molecule has 0 radical (unpaired) electrons. The number of hydrogen-bond acceptors (Lipinski definition) is 5. The standard InChI is InChI=1S/C16H17Cl2F3N2O3S/c1-9(24)22-15(26)13(23-12-6-10(17)5-11(18)7-12)3-2-4-27-8-14(25)16(19,20)21/h5-7,13,23H,2-4,8H2,1H3,(H,22,24,26)/t13-/m0/s1. The van der Waals surface area contributed by atoms with Crippen LogP contribution in [0.5, 0.6) is 0 Å². The Balaban J connectivity index is 2.63. The number of carbonyl (C=O) groups excluding carboxylic acids is 3. The van der Waals surface area contributed by atoms with E-state index in [1.807, 2.05) is 0 Å². The van der Waals surface area contributed by atoms with E-state index in [1.165, 1.54) is 25.1 Å². The fraction of sp³-hybridized carbons (Fsp3) is 0.438. The van der Waals surface area contributed by atoms with Crippen LogP contribution in [-0.2, 0) is 14.4 Å². The summed E-state index contributed by atoms with van der Waals surface area (Å²) >= 11 is 12.6. The van der Waals surface area contributed by atoms with Gasteiger partial charge in [-0.25, -0.2) is 0 Å². The van der Waals surface area contributed by atoms with Crippen molar-refractivity contribution in [2.45, 2.75) is 32.0 Å². The lowest BCUT2D eigenvalue weighted by atomic mass is 10.1. The van der Waals surface area contributed by atoms with Gasteiger partial charge in [-0.3, -0.25) is 19.7 Å². The number of anilines is 1. The lowest BCUT2D eigenvalue weighted by molar-refractivity contribution is -0.167. The highest BCUT2D eigenvalue weighted by atomic mass is 35.5. The highest BCUT2D eigenvalue weighted by molar-refractivity contribution is 7.99. The molecule has 0 saturated carbocycles. The first-order valence-electron chi connectivity index (χ1n) is 7.71. The Morgan fingerprint density at radius 3 is 2.26 bits per heavy atom. The average molecular weight is 445 g/mol. The van der Waals surface area contributed by atoms with Gasteiger partial charge in [-0.05, 0) is 36.8 Å². The molecule has 0 aromatic heterocycles. The SMILES string of the molecule is CC(=O)NC(=O)[C@H](CCCSCC(=O)C(F)(F)F)Nc1cc(Cl)cc(Cl)c1. The van der Waals surface area contributed by atoms with Crippen LogP contribution < -0.4 is 10.6 Å². The summed E-state index contributed by atoms with van der Waals surface area (Å²) < 4.78 is 36.4. The minimum Gasteiger partial charge on any atom is -0.374 e. The van der Waals surface area contributed by atoms with Gasteiger partial charge in [0.05, 0.1) is 5.75 Å². The molecule has 0 aliphatic rings. The lowest BCUT2D eigenvalue weighted by Crippen LogP contribution is -2.41. The summed E-state index contributed by atoms with van der Waals surface area (Å²) in [6, 6.07) is 3.76. The first-order chi connectivity index (χ1) is 12.5. The number of amides is 2. The number of imide groups is 1. The molecule has 0 bridgehead atoms. The maximum atomic E-state index is 12.2. The zero-order valence-electron chi connectivity index (χ0n) is 14.2. The number of ketones is 1. The second kappa shape index (κ2) is 10.8. The van der Waals surface area contributed by atoms with E-state index >= 15 is 0 Å². The van der Waals surface area contributed by atoms with Crippen molar-refractivity contribution in [2.75, 3.05) is 16.8 Å². The molecular weight excluding hydrogens is 428 g/mol.